The largest absolute Gasteiger partial charge is 0.460 e. The zero-order valence-electron chi connectivity index (χ0n) is 11.4. The summed E-state index contributed by atoms with van der Waals surface area (Å²) in [6.45, 7) is 13.8. The zero-order valence-corrected chi connectivity index (χ0v) is 11.4. The maximum absolute atomic E-state index is 11.8. The van der Waals surface area contributed by atoms with Crippen LogP contribution in [-0.2, 0) is 9.53 Å². The van der Waals surface area contributed by atoms with Crippen LogP contribution in [0.4, 0.5) is 0 Å². The molecule has 0 saturated heterocycles. The summed E-state index contributed by atoms with van der Waals surface area (Å²) in [5.74, 6) is 0.383. The van der Waals surface area contributed by atoms with Gasteiger partial charge in [-0.05, 0) is 33.1 Å². The molecule has 0 aliphatic rings. The molecule has 0 aromatic rings. The van der Waals surface area contributed by atoms with E-state index < -0.39 is 5.60 Å². The van der Waals surface area contributed by atoms with Crippen LogP contribution in [0.5, 0.6) is 0 Å². The SMILES string of the molecule is C=C[C@@H](CCCC(C)C)C(=O)OC(C)(C)C. The number of hydrogen-bond donors (Lipinski definition) is 0. The van der Waals surface area contributed by atoms with Gasteiger partial charge in [-0.1, -0.05) is 32.8 Å². The lowest BCUT2D eigenvalue weighted by Crippen LogP contribution is -2.28. The molecule has 0 saturated carbocycles. The van der Waals surface area contributed by atoms with E-state index in [1.807, 2.05) is 20.8 Å². The van der Waals surface area contributed by atoms with Crippen LogP contribution in [-0.4, -0.2) is 11.6 Å². The van der Waals surface area contributed by atoms with Crippen LogP contribution in [0.1, 0.15) is 53.9 Å². The predicted molar refractivity (Wildman–Crippen MR) is 68.2 cm³/mol. The van der Waals surface area contributed by atoms with Crippen LogP contribution in [0.15, 0.2) is 12.7 Å². The van der Waals surface area contributed by atoms with Crippen LogP contribution >= 0.6 is 0 Å². The molecule has 0 heterocycles. The van der Waals surface area contributed by atoms with Crippen LogP contribution < -0.4 is 0 Å². The normalized spacial score (nSPS) is 13.6. The highest BCUT2D eigenvalue weighted by Gasteiger charge is 2.22. The summed E-state index contributed by atoms with van der Waals surface area (Å²) in [5.41, 5.74) is -0.406. The predicted octanol–water partition coefficient (Wildman–Crippen LogP) is 3.96. The molecule has 0 radical (unpaired) electrons. The molecule has 0 bridgehead atoms. The lowest BCUT2D eigenvalue weighted by atomic mass is 9.98. The molecule has 16 heavy (non-hydrogen) atoms. The number of carbonyl (C=O) groups is 1. The van der Waals surface area contributed by atoms with Gasteiger partial charge in [0.25, 0.3) is 0 Å². The fourth-order valence-electron chi connectivity index (χ4n) is 1.46. The van der Waals surface area contributed by atoms with E-state index in [0.29, 0.717) is 5.92 Å². The maximum Gasteiger partial charge on any atom is 0.313 e. The van der Waals surface area contributed by atoms with Crippen molar-refractivity contribution in [3.8, 4) is 0 Å². The van der Waals surface area contributed by atoms with Gasteiger partial charge in [0.2, 0.25) is 0 Å². The van der Waals surface area contributed by atoms with Crippen LogP contribution in [0.3, 0.4) is 0 Å². The van der Waals surface area contributed by atoms with Crippen molar-refractivity contribution >= 4 is 5.97 Å². The Balaban J connectivity index is 4.08. The van der Waals surface area contributed by atoms with Gasteiger partial charge in [0.15, 0.2) is 0 Å². The van der Waals surface area contributed by atoms with Gasteiger partial charge in [0.05, 0.1) is 5.92 Å². The Labute approximate surface area is 100 Å². The molecule has 0 fully saturated rings. The van der Waals surface area contributed by atoms with Crippen molar-refractivity contribution in [2.75, 3.05) is 0 Å². The topological polar surface area (TPSA) is 26.3 Å². The number of esters is 1. The van der Waals surface area contributed by atoms with Gasteiger partial charge in [-0.2, -0.15) is 0 Å². The van der Waals surface area contributed by atoms with Gasteiger partial charge in [0.1, 0.15) is 5.60 Å². The summed E-state index contributed by atoms with van der Waals surface area (Å²) in [4.78, 5) is 11.8. The standard InChI is InChI=1S/C14H26O2/c1-7-12(10-8-9-11(2)3)13(15)16-14(4,5)6/h7,11-12H,1,8-10H2,2-6H3/t12-/m0/s1. The van der Waals surface area contributed by atoms with E-state index in [4.69, 9.17) is 4.74 Å². The molecular weight excluding hydrogens is 200 g/mol. The molecule has 0 N–H and O–H groups in total. The first-order chi connectivity index (χ1) is 7.26. The summed E-state index contributed by atoms with van der Waals surface area (Å²) >= 11 is 0. The van der Waals surface area contributed by atoms with Crippen molar-refractivity contribution in [2.45, 2.75) is 59.5 Å². The third kappa shape index (κ3) is 7.49. The first-order valence-corrected chi connectivity index (χ1v) is 6.11. The van der Waals surface area contributed by atoms with E-state index >= 15 is 0 Å². The van der Waals surface area contributed by atoms with E-state index in [1.54, 1.807) is 6.08 Å². The van der Waals surface area contributed by atoms with Gasteiger partial charge in [-0.3, -0.25) is 4.79 Å². The van der Waals surface area contributed by atoms with Gasteiger partial charge < -0.3 is 4.74 Å². The second-order valence-corrected chi connectivity index (χ2v) is 5.70. The fourth-order valence-corrected chi connectivity index (χ4v) is 1.46. The minimum atomic E-state index is -0.406. The summed E-state index contributed by atoms with van der Waals surface area (Å²) < 4.78 is 5.34. The van der Waals surface area contributed by atoms with Crippen LogP contribution in [0.25, 0.3) is 0 Å². The Morgan fingerprint density at radius 1 is 1.31 bits per heavy atom. The van der Waals surface area contributed by atoms with E-state index in [-0.39, 0.29) is 11.9 Å². The molecule has 0 rings (SSSR count). The fraction of sp³-hybridized carbons (Fsp3) is 0.786. The first kappa shape index (κ1) is 15.2. The molecule has 2 heteroatoms. The van der Waals surface area contributed by atoms with Crippen molar-refractivity contribution < 1.29 is 9.53 Å². The summed E-state index contributed by atoms with van der Waals surface area (Å²) in [6, 6.07) is 0. The second kappa shape index (κ2) is 6.72. The molecular formula is C14H26O2. The monoisotopic (exact) mass is 226 g/mol. The number of rotatable bonds is 6. The number of ether oxygens (including phenoxy) is 1. The Morgan fingerprint density at radius 2 is 1.88 bits per heavy atom. The molecule has 0 unspecified atom stereocenters. The van der Waals surface area contributed by atoms with Gasteiger partial charge >= 0.3 is 5.97 Å². The summed E-state index contributed by atoms with van der Waals surface area (Å²) in [5, 5.41) is 0. The van der Waals surface area contributed by atoms with Crippen molar-refractivity contribution in [3.05, 3.63) is 12.7 Å². The molecule has 94 valence electrons. The Morgan fingerprint density at radius 3 is 2.25 bits per heavy atom. The lowest BCUT2D eigenvalue weighted by molar-refractivity contribution is -0.158. The molecule has 1 atom stereocenters. The Bertz CT molecular complexity index is 223. The van der Waals surface area contributed by atoms with Crippen molar-refractivity contribution in [1.29, 1.82) is 0 Å². The minimum absolute atomic E-state index is 0.147. The average Bonchev–Trinajstić information content (AvgIpc) is 2.08. The summed E-state index contributed by atoms with van der Waals surface area (Å²) in [6.07, 6.45) is 4.74. The third-order valence-electron chi connectivity index (χ3n) is 2.29. The van der Waals surface area contributed by atoms with Crippen molar-refractivity contribution in [3.63, 3.8) is 0 Å². The Kier molecular flexibility index (Phi) is 6.39. The Hall–Kier alpha value is -0.790. The van der Waals surface area contributed by atoms with Crippen LogP contribution in [0.2, 0.25) is 0 Å². The molecule has 0 aromatic carbocycles. The van der Waals surface area contributed by atoms with E-state index in [9.17, 15) is 4.79 Å². The highest BCUT2D eigenvalue weighted by Crippen LogP contribution is 2.18. The lowest BCUT2D eigenvalue weighted by Gasteiger charge is -2.22. The number of carbonyl (C=O) groups excluding carboxylic acids is 1. The minimum Gasteiger partial charge on any atom is -0.460 e. The highest BCUT2D eigenvalue weighted by atomic mass is 16.6. The summed E-state index contributed by atoms with van der Waals surface area (Å²) in [7, 11) is 0. The molecule has 0 aliphatic carbocycles. The second-order valence-electron chi connectivity index (χ2n) is 5.70. The van der Waals surface area contributed by atoms with E-state index in [0.717, 1.165) is 19.3 Å². The molecule has 0 amide bonds. The average molecular weight is 226 g/mol. The molecule has 2 nitrogen and oxygen atoms in total. The molecule has 0 spiro atoms. The molecule has 0 aliphatic heterocycles. The van der Waals surface area contributed by atoms with Crippen molar-refractivity contribution in [2.24, 2.45) is 11.8 Å². The van der Waals surface area contributed by atoms with Gasteiger partial charge in [-0.25, -0.2) is 0 Å². The van der Waals surface area contributed by atoms with Crippen LogP contribution in [0, 0.1) is 11.8 Å². The maximum atomic E-state index is 11.8. The van der Waals surface area contributed by atoms with E-state index in [2.05, 4.69) is 20.4 Å². The quantitative estimate of drug-likeness (QED) is 0.506. The van der Waals surface area contributed by atoms with Gasteiger partial charge in [0, 0.05) is 0 Å². The highest BCUT2D eigenvalue weighted by molar-refractivity contribution is 5.74. The third-order valence-corrected chi connectivity index (χ3v) is 2.29. The van der Waals surface area contributed by atoms with Gasteiger partial charge in [-0.15, -0.1) is 6.58 Å². The first-order valence-electron chi connectivity index (χ1n) is 6.11. The number of hydrogen-bond acceptors (Lipinski definition) is 2. The molecule has 0 aromatic heterocycles. The van der Waals surface area contributed by atoms with E-state index in [1.165, 1.54) is 0 Å². The smallest absolute Gasteiger partial charge is 0.313 e. The van der Waals surface area contributed by atoms with Crippen molar-refractivity contribution in [1.82, 2.24) is 0 Å². The zero-order chi connectivity index (χ0) is 12.8.